The van der Waals surface area contributed by atoms with Crippen molar-refractivity contribution in [3.05, 3.63) is 29.8 Å². The molecule has 1 aliphatic heterocycles. The number of ether oxygens (including phenoxy) is 1. The number of benzene rings is 1. The van der Waals surface area contributed by atoms with Crippen LogP contribution in [0, 0.1) is 5.92 Å². The molecule has 1 saturated heterocycles. The first-order valence-corrected chi connectivity index (χ1v) is 9.28. The van der Waals surface area contributed by atoms with E-state index in [1.807, 2.05) is 12.1 Å². The molecule has 1 atom stereocenters. The molecule has 0 spiro atoms. The first kappa shape index (κ1) is 18.8. The van der Waals surface area contributed by atoms with Crippen molar-refractivity contribution in [3.8, 4) is 5.75 Å². The number of amides is 1. The van der Waals surface area contributed by atoms with E-state index in [2.05, 4.69) is 36.2 Å². The fourth-order valence-corrected chi connectivity index (χ4v) is 3.26. The van der Waals surface area contributed by atoms with Gasteiger partial charge in [0.25, 0.3) is 0 Å². The van der Waals surface area contributed by atoms with E-state index in [1.54, 1.807) is 7.11 Å². The lowest BCUT2D eigenvalue weighted by atomic mass is 9.95. The van der Waals surface area contributed by atoms with Crippen molar-refractivity contribution in [3.63, 3.8) is 0 Å². The molecule has 0 aromatic heterocycles. The zero-order valence-corrected chi connectivity index (χ0v) is 15.4. The Kier molecular flexibility index (Phi) is 7.57. The molecule has 0 radical (unpaired) electrons. The van der Waals surface area contributed by atoms with Gasteiger partial charge < -0.3 is 10.1 Å². The fourth-order valence-electron chi connectivity index (χ4n) is 3.26. The number of rotatable bonds is 8. The highest BCUT2D eigenvalue weighted by molar-refractivity contribution is 5.75. The van der Waals surface area contributed by atoms with Crippen LogP contribution in [0.5, 0.6) is 5.75 Å². The Bertz CT molecular complexity index is 493. The number of likely N-dealkylation sites (tertiary alicyclic amines) is 1. The third-order valence-electron chi connectivity index (χ3n) is 5.01. The van der Waals surface area contributed by atoms with E-state index >= 15 is 0 Å². The summed E-state index contributed by atoms with van der Waals surface area (Å²) in [4.78, 5) is 14.5. The zero-order chi connectivity index (χ0) is 17.4. The molecule has 134 valence electrons. The van der Waals surface area contributed by atoms with Gasteiger partial charge in [-0.15, -0.1) is 0 Å². The van der Waals surface area contributed by atoms with Crippen LogP contribution in [0.3, 0.4) is 0 Å². The maximum atomic E-state index is 12.0. The van der Waals surface area contributed by atoms with Gasteiger partial charge in [0.15, 0.2) is 0 Å². The number of hydrogen-bond acceptors (Lipinski definition) is 3. The second-order valence-electron chi connectivity index (χ2n) is 6.92. The summed E-state index contributed by atoms with van der Waals surface area (Å²) in [5, 5.41) is 3.14. The smallest absolute Gasteiger partial charge is 0.220 e. The summed E-state index contributed by atoms with van der Waals surface area (Å²) in [6.07, 6.45) is 5.11. The van der Waals surface area contributed by atoms with Crippen LogP contribution in [0.25, 0.3) is 0 Å². The van der Waals surface area contributed by atoms with E-state index in [0.29, 0.717) is 13.0 Å². The second-order valence-corrected chi connectivity index (χ2v) is 6.92. The number of carbonyl (C=O) groups excluding carboxylic acids is 1. The number of unbranched alkanes of at least 4 members (excludes halogenated alkanes) is 1. The third-order valence-corrected chi connectivity index (χ3v) is 5.01. The minimum Gasteiger partial charge on any atom is -0.497 e. The van der Waals surface area contributed by atoms with Gasteiger partial charge in [-0.3, -0.25) is 9.69 Å². The Balaban J connectivity index is 2.04. The molecule has 1 heterocycles. The van der Waals surface area contributed by atoms with Gasteiger partial charge in [0.05, 0.1) is 13.2 Å². The second kappa shape index (κ2) is 9.67. The molecule has 1 aliphatic rings. The number of carbonyl (C=O) groups is 1. The molecule has 1 amide bonds. The van der Waals surface area contributed by atoms with Gasteiger partial charge in [0.2, 0.25) is 5.91 Å². The van der Waals surface area contributed by atoms with Crippen molar-refractivity contribution in [1.29, 1.82) is 0 Å². The van der Waals surface area contributed by atoms with Gasteiger partial charge >= 0.3 is 0 Å². The van der Waals surface area contributed by atoms with Crippen LogP contribution in [0.15, 0.2) is 24.3 Å². The molecule has 2 rings (SSSR count). The molecule has 24 heavy (non-hydrogen) atoms. The van der Waals surface area contributed by atoms with Gasteiger partial charge in [0, 0.05) is 13.0 Å². The van der Waals surface area contributed by atoms with Crippen LogP contribution < -0.4 is 10.1 Å². The lowest BCUT2D eigenvalue weighted by Gasteiger charge is -2.37. The fraction of sp³-hybridized carbons (Fsp3) is 0.650. The average molecular weight is 332 g/mol. The Morgan fingerprint density at radius 1 is 1.29 bits per heavy atom. The summed E-state index contributed by atoms with van der Waals surface area (Å²) in [6.45, 7) is 7.32. The Morgan fingerprint density at radius 3 is 2.54 bits per heavy atom. The Hall–Kier alpha value is -1.55. The molecule has 1 aromatic rings. The van der Waals surface area contributed by atoms with Crippen molar-refractivity contribution in [2.24, 2.45) is 5.92 Å². The van der Waals surface area contributed by atoms with E-state index in [-0.39, 0.29) is 11.9 Å². The molecule has 1 N–H and O–H groups in total. The zero-order valence-electron chi connectivity index (χ0n) is 15.4. The number of piperidine rings is 1. The predicted molar refractivity (Wildman–Crippen MR) is 98.2 cm³/mol. The molecule has 0 aliphatic carbocycles. The van der Waals surface area contributed by atoms with Gasteiger partial charge in [0.1, 0.15) is 5.75 Å². The van der Waals surface area contributed by atoms with Crippen LogP contribution in [0.1, 0.15) is 57.6 Å². The van der Waals surface area contributed by atoms with Crippen LogP contribution in [-0.4, -0.2) is 37.6 Å². The molecule has 1 fully saturated rings. The highest BCUT2D eigenvalue weighted by Crippen LogP contribution is 2.27. The van der Waals surface area contributed by atoms with Crippen molar-refractivity contribution in [2.45, 2.75) is 52.0 Å². The molecule has 0 saturated carbocycles. The summed E-state index contributed by atoms with van der Waals surface area (Å²) >= 11 is 0. The maximum Gasteiger partial charge on any atom is 0.220 e. The minimum atomic E-state index is 0.167. The number of hydrogen-bond donors (Lipinski definition) is 1. The molecular formula is C20H32N2O2. The van der Waals surface area contributed by atoms with Gasteiger partial charge in [-0.05, 0) is 56.0 Å². The first-order chi connectivity index (χ1) is 11.6. The number of nitrogens with one attached hydrogen (secondary N) is 1. The Morgan fingerprint density at radius 2 is 1.96 bits per heavy atom. The van der Waals surface area contributed by atoms with Crippen molar-refractivity contribution >= 4 is 5.91 Å². The summed E-state index contributed by atoms with van der Waals surface area (Å²) in [6, 6.07) is 8.51. The molecule has 1 unspecified atom stereocenters. The van der Waals surface area contributed by atoms with Crippen LogP contribution in [-0.2, 0) is 4.79 Å². The SMILES string of the molecule is CCCCC(=O)NCC(c1ccc(OC)cc1)N1CCC(C)CC1. The summed E-state index contributed by atoms with van der Waals surface area (Å²) < 4.78 is 5.27. The summed E-state index contributed by atoms with van der Waals surface area (Å²) in [5.74, 6) is 1.84. The molecule has 0 bridgehead atoms. The summed E-state index contributed by atoms with van der Waals surface area (Å²) in [5.41, 5.74) is 1.25. The van der Waals surface area contributed by atoms with Crippen molar-refractivity contribution in [2.75, 3.05) is 26.7 Å². The standard InChI is InChI=1S/C20H32N2O2/c1-4-5-6-20(23)21-15-19(22-13-11-16(2)12-14-22)17-7-9-18(24-3)10-8-17/h7-10,16,19H,4-6,11-15H2,1-3H3,(H,21,23). The van der Waals surface area contributed by atoms with E-state index in [1.165, 1.54) is 18.4 Å². The molecule has 4 nitrogen and oxygen atoms in total. The normalized spacial score (nSPS) is 17.5. The lowest BCUT2D eigenvalue weighted by molar-refractivity contribution is -0.121. The minimum absolute atomic E-state index is 0.167. The Labute approximate surface area is 146 Å². The highest BCUT2D eigenvalue weighted by atomic mass is 16.5. The topological polar surface area (TPSA) is 41.6 Å². The maximum absolute atomic E-state index is 12.0. The summed E-state index contributed by atoms with van der Waals surface area (Å²) in [7, 11) is 1.69. The van der Waals surface area contributed by atoms with Crippen molar-refractivity contribution < 1.29 is 9.53 Å². The largest absolute Gasteiger partial charge is 0.497 e. The van der Waals surface area contributed by atoms with Crippen molar-refractivity contribution in [1.82, 2.24) is 10.2 Å². The van der Waals surface area contributed by atoms with E-state index in [0.717, 1.165) is 37.6 Å². The monoisotopic (exact) mass is 332 g/mol. The van der Waals surface area contributed by atoms with Crippen LogP contribution in [0.4, 0.5) is 0 Å². The van der Waals surface area contributed by atoms with E-state index in [9.17, 15) is 4.79 Å². The van der Waals surface area contributed by atoms with Gasteiger partial charge in [-0.2, -0.15) is 0 Å². The lowest BCUT2D eigenvalue weighted by Crippen LogP contribution is -2.41. The third kappa shape index (κ3) is 5.52. The van der Waals surface area contributed by atoms with E-state index < -0.39 is 0 Å². The quantitative estimate of drug-likeness (QED) is 0.788. The predicted octanol–water partition coefficient (Wildman–Crippen LogP) is 3.77. The molecule has 1 aromatic carbocycles. The van der Waals surface area contributed by atoms with Crippen LogP contribution in [0.2, 0.25) is 0 Å². The first-order valence-electron chi connectivity index (χ1n) is 9.28. The van der Waals surface area contributed by atoms with Gasteiger partial charge in [-0.25, -0.2) is 0 Å². The highest BCUT2D eigenvalue weighted by Gasteiger charge is 2.25. The number of nitrogens with zero attached hydrogens (tertiary/aromatic N) is 1. The van der Waals surface area contributed by atoms with Crippen LogP contribution >= 0.6 is 0 Å². The molecule has 4 heteroatoms. The van der Waals surface area contributed by atoms with Gasteiger partial charge in [-0.1, -0.05) is 32.4 Å². The van der Waals surface area contributed by atoms with E-state index in [4.69, 9.17) is 4.74 Å². The number of methoxy groups -OCH3 is 1. The molecular weight excluding hydrogens is 300 g/mol. The average Bonchev–Trinajstić information content (AvgIpc) is 2.62.